The van der Waals surface area contributed by atoms with Crippen molar-refractivity contribution in [1.82, 2.24) is 29.9 Å². The fraction of sp³-hybridized carbons (Fsp3) is 0.688. The van der Waals surface area contributed by atoms with Gasteiger partial charge in [0.2, 0.25) is 0 Å². The van der Waals surface area contributed by atoms with Crippen molar-refractivity contribution in [2.24, 2.45) is 11.3 Å². The molecule has 3 heterocycles. The Labute approximate surface area is 256 Å². The van der Waals surface area contributed by atoms with Gasteiger partial charge in [-0.25, -0.2) is 9.37 Å². The lowest BCUT2D eigenvalue weighted by Gasteiger charge is -2.53. The molecular weight excluding hydrogens is 549 g/mol. The number of likely N-dealkylation sites (N-methyl/N-ethyl adjacent to an activating group) is 1. The Morgan fingerprint density at radius 2 is 1.84 bits per heavy atom. The molecule has 2 atom stereocenters. The summed E-state index contributed by atoms with van der Waals surface area (Å²) in [5.74, 6) is 0.603. The van der Waals surface area contributed by atoms with Crippen LogP contribution in [0.15, 0.2) is 24.5 Å². The first-order valence-corrected chi connectivity index (χ1v) is 15.7. The quantitative estimate of drug-likeness (QED) is 0.361. The summed E-state index contributed by atoms with van der Waals surface area (Å²) in [5.41, 5.74) is 0.269. The van der Waals surface area contributed by atoms with Gasteiger partial charge in [0.25, 0.3) is 11.8 Å². The van der Waals surface area contributed by atoms with E-state index in [1.807, 2.05) is 34.7 Å². The number of aliphatic hydroxyl groups is 1. The summed E-state index contributed by atoms with van der Waals surface area (Å²) in [5, 5.41) is 18.9. The monoisotopic (exact) mass is 599 g/mol. The summed E-state index contributed by atoms with van der Waals surface area (Å²) in [7, 11) is 2.04. The van der Waals surface area contributed by atoms with Crippen molar-refractivity contribution in [3.63, 3.8) is 0 Å². The van der Waals surface area contributed by atoms with E-state index in [9.17, 15) is 14.3 Å². The highest BCUT2D eigenvalue weighted by molar-refractivity contribution is 5.97. The summed E-state index contributed by atoms with van der Waals surface area (Å²) in [6, 6.07) is 4.14. The Bertz CT molecular complexity index is 1230. The molecule has 10 nitrogen and oxygen atoms in total. The number of aromatic nitrogens is 3. The maximum absolute atomic E-state index is 14.4. The van der Waals surface area contributed by atoms with Crippen LogP contribution in [-0.4, -0.2) is 111 Å². The van der Waals surface area contributed by atoms with E-state index in [1.54, 1.807) is 4.90 Å². The van der Waals surface area contributed by atoms with Gasteiger partial charge < -0.3 is 24.5 Å². The Balaban J connectivity index is 1.48. The standard InChI is InChI=1S/C32H50FN7O3/c1-9-37(8)16-25(41)15-27(21(2)3)39-18-32(19-39)12-13-38(17-32)29-30(36-35-20-34-29)43-28-11-10-24(33)14-26(28)31(42)40(22(4)5)23(6)7/h10-11,14,20-23,25,27,41H,9,12-13,15-19H2,1-8H3. The van der Waals surface area contributed by atoms with Gasteiger partial charge in [-0.05, 0) is 78.2 Å². The number of hydrogen-bond donors (Lipinski definition) is 1. The molecule has 4 rings (SSSR count). The van der Waals surface area contributed by atoms with Gasteiger partial charge in [-0.1, -0.05) is 20.8 Å². The number of nitrogens with zero attached hydrogens (tertiary/aromatic N) is 7. The smallest absolute Gasteiger partial charge is 0.282 e. The maximum Gasteiger partial charge on any atom is 0.282 e. The van der Waals surface area contributed by atoms with Crippen molar-refractivity contribution in [2.45, 2.75) is 85.5 Å². The van der Waals surface area contributed by atoms with Gasteiger partial charge in [-0.3, -0.25) is 9.69 Å². The van der Waals surface area contributed by atoms with E-state index in [1.165, 1.54) is 24.5 Å². The van der Waals surface area contributed by atoms with Crippen LogP contribution in [0.4, 0.5) is 10.2 Å². The van der Waals surface area contributed by atoms with Crippen LogP contribution in [0, 0.1) is 17.2 Å². The molecule has 11 heteroatoms. The molecule has 2 unspecified atom stereocenters. The number of amides is 1. The summed E-state index contributed by atoms with van der Waals surface area (Å²) in [6.45, 7) is 19.4. The second kappa shape index (κ2) is 13.8. The van der Waals surface area contributed by atoms with Crippen LogP contribution < -0.4 is 9.64 Å². The number of carbonyl (C=O) groups excluding carboxylic acids is 1. The fourth-order valence-corrected chi connectivity index (χ4v) is 6.72. The molecule has 2 aliphatic rings. The third-order valence-corrected chi connectivity index (χ3v) is 8.93. The molecule has 1 aromatic carbocycles. The summed E-state index contributed by atoms with van der Waals surface area (Å²) in [6.07, 6.45) is 2.83. The average molecular weight is 600 g/mol. The largest absolute Gasteiger partial charge is 0.434 e. The van der Waals surface area contributed by atoms with Crippen molar-refractivity contribution >= 4 is 11.7 Å². The number of carbonyl (C=O) groups is 1. The van der Waals surface area contributed by atoms with E-state index in [0.717, 1.165) is 45.6 Å². The molecule has 0 aliphatic carbocycles. The zero-order valence-electron chi connectivity index (χ0n) is 27.1. The van der Waals surface area contributed by atoms with Crippen LogP contribution in [0.3, 0.4) is 0 Å². The predicted octanol–water partition coefficient (Wildman–Crippen LogP) is 4.30. The Morgan fingerprint density at radius 1 is 1.14 bits per heavy atom. The first-order chi connectivity index (χ1) is 20.3. The van der Waals surface area contributed by atoms with E-state index in [2.05, 4.69) is 50.7 Å². The lowest BCUT2D eigenvalue weighted by atomic mass is 9.76. The molecule has 0 radical (unpaired) electrons. The number of rotatable bonds is 13. The van der Waals surface area contributed by atoms with Gasteiger partial charge in [-0.15, -0.1) is 10.2 Å². The zero-order chi connectivity index (χ0) is 31.5. The topological polar surface area (TPSA) is 98.2 Å². The van der Waals surface area contributed by atoms with Gasteiger partial charge in [0.1, 0.15) is 17.9 Å². The normalized spacial score (nSPS) is 18.1. The minimum absolute atomic E-state index is 0.0727. The first-order valence-electron chi connectivity index (χ1n) is 15.7. The van der Waals surface area contributed by atoms with Crippen LogP contribution in [-0.2, 0) is 0 Å². The van der Waals surface area contributed by atoms with E-state index >= 15 is 0 Å². The lowest BCUT2D eigenvalue weighted by Crippen LogP contribution is -2.62. The van der Waals surface area contributed by atoms with Crippen LogP contribution >= 0.6 is 0 Å². The Morgan fingerprint density at radius 3 is 2.47 bits per heavy atom. The second-order valence-corrected chi connectivity index (χ2v) is 13.4. The third kappa shape index (κ3) is 7.61. The molecule has 238 valence electrons. The average Bonchev–Trinajstić information content (AvgIpc) is 3.37. The molecule has 1 aromatic heterocycles. The van der Waals surface area contributed by atoms with Crippen molar-refractivity contribution in [3.05, 3.63) is 35.9 Å². The molecule has 2 saturated heterocycles. The molecule has 1 amide bonds. The number of likely N-dealkylation sites (tertiary alicyclic amines) is 1. The van der Waals surface area contributed by atoms with Gasteiger partial charge in [-0.2, -0.15) is 0 Å². The second-order valence-electron chi connectivity index (χ2n) is 13.4. The van der Waals surface area contributed by atoms with Crippen molar-refractivity contribution in [1.29, 1.82) is 0 Å². The molecule has 2 fully saturated rings. The first kappa shape index (κ1) is 33.0. The van der Waals surface area contributed by atoms with Crippen LogP contribution in [0.25, 0.3) is 0 Å². The fourth-order valence-electron chi connectivity index (χ4n) is 6.72. The molecule has 2 aliphatic heterocycles. The number of anilines is 1. The van der Waals surface area contributed by atoms with E-state index < -0.39 is 5.82 Å². The number of hydrogen-bond acceptors (Lipinski definition) is 9. The summed E-state index contributed by atoms with van der Waals surface area (Å²) in [4.78, 5) is 26.6. The van der Waals surface area contributed by atoms with Crippen LogP contribution in [0.2, 0.25) is 0 Å². The van der Waals surface area contributed by atoms with Crippen molar-refractivity contribution in [2.75, 3.05) is 51.2 Å². The number of ether oxygens (including phenoxy) is 1. The Kier molecular flexibility index (Phi) is 10.6. The highest BCUT2D eigenvalue weighted by Crippen LogP contribution is 2.44. The molecule has 2 aromatic rings. The van der Waals surface area contributed by atoms with Crippen molar-refractivity contribution < 1.29 is 19.0 Å². The number of aliphatic hydroxyl groups excluding tert-OH is 1. The molecule has 43 heavy (non-hydrogen) atoms. The number of halogens is 1. The van der Waals surface area contributed by atoms with Crippen LogP contribution in [0.5, 0.6) is 11.6 Å². The van der Waals surface area contributed by atoms with Gasteiger partial charge >= 0.3 is 0 Å². The zero-order valence-corrected chi connectivity index (χ0v) is 27.1. The minimum atomic E-state index is -0.513. The lowest BCUT2D eigenvalue weighted by molar-refractivity contribution is -0.0480. The van der Waals surface area contributed by atoms with E-state index in [-0.39, 0.29) is 46.7 Å². The highest BCUT2D eigenvalue weighted by Gasteiger charge is 2.50. The van der Waals surface area contributed by atoms with E-state index in [4.69, 9.17) is 4.74 Å². The third-order valence-electron chi connectivity index (χ3n) is 8.93. The molecule has 0 bridgehead atoms. The van der Waals surface area contributed by atoms with Gasteiger partial charge in [0.05, 0.1) is 11.7 Å². The molecule has 0 saturated carbocycles. The molecule has 1 N–H and O–H groups in total. The SMILES string of the molecule is CCN(C)CC(O)CC(C(C)C)N1CC2(CCN(c3ncnnc3Oc3ccc(F)cc3C(=O)N(C(C)C)C(C)C)C2)C1. The predicted molar refractivity (Wildman–Crippen MR) is 166 cm³/mol. The summed E-state index contributed by atoms with van der Waals surface area (Å²) >= 11 is 0. The number of benzene rings is 1. The van der Waals surface area contributed by atoms with Crippen molar-refractivity contribution in [3.8, 4) is 11.6 Å². The van der Waals surface area contributed by atoms with Crippen LogP contribution in [0.1, 0.15) is 71.7 Å². The molecular formula is C32H50FN7O3. The van der Waals surface area contributed by atoms with Gasteiger partial charge in [0, 0.05) is 56.3 Å². The summed E-state index contributed by atoms with van der Waals surface area (Å²) < 4.78 is 20.6. The van der Waals surface area contributed by atoms with Gasteiger partial charge in [0.15, 0.2) is 5.82 Å². The maximum atomic E-state index is 14.4. The van der Waals surface area contributed by atoms with E-state index in [0.29, 0.717) is 24.3 Å². The molecule has 1 spiro atoms. The Hall–Kier alpha value is -2.89. The minimum Gasteiger partial charge on any atom is -0.434 e. The highest BCUT2D eigenvalue weighted by atomic mass is 19.1.